The molecule has 1 amide bonds. The van der Waals surface area contributed by atoms with Crippen molar-refractivity contribution in [2.24, 2.45) is 7.05 Å². The average molecular weight is 597 g/mol. The highest BCUT2D eigenvalue weighted by Gasteiger charge is 2.28. The van der Waals surface area contributed by atoms with Crippen LogP contribution >= 0.6 is 0 Å². The van der Waals surface area contributed by atoms with Gasteiger partial charge in [0.1, 0.15) is 29.2 Å². The number of aryl methyl sites for hydroxylation is 2. The molecule has 1 aliphatic heterocycles. The van der Waals surface area contributed by atoms with Gasteiger partial charge in [0.2, 0.25) is 0 Å². The molecule has 0 saturated carbocycles. The van der Waals surface area contributed by atoms with Gasteiger partial charge in [0.05, 0.1) is 41.6 Å². The van der Waals surface area contributed by atoms with Crippen LogP contribution < -0.4 is 19.7 Å². The number of piperazine rings is 1. The number of fused-ring (bicyclic) bond motifs is 2. The molecule has 12 nitrogen and oxygen atoms in total. The molecule has 0 spiro atoms. The lowest BCUT2D eigenvalue weighted by molar-refractivity contribution is 0.0240. The Kier molecular flexibility index (Phi) is 7.58. The largest absolute Gasteiger partial charge is 0.492 e. The Bertz CT molecular complexity index is 1840. The number of nitrogens with zero attached hydrogens (tertiary/aromatic N) is 7. The van der Waals surface area contributed by atoms with Crippen molar-refractivity contribution >= 4 is 45.4 Å². The van der Waals surface area contributed by atoms with Crippen molar-refractivity contribution in [1.82, 2.24) is 29.4 Å². The van der Waals surface area contributed by atoms with Gasteiger partial charge in [0, 0.05) is 45.0 Å². The normalized spacial score (nSPS) is 13.8. The van der Waals surface area contributed by atoms with E-state index in [2.05, 4.69) is 25.2 Å². The summed E-state index contributed by atoms with van der Waals surface area (Å²) in [6.45, 7) is 9.79. The van der Waals surface area contributed by atoms with Crippen LogP contribution in [-0.2, 0) is 11.8 Å². The van der Waals surface area contributed by atoms with Gasteiger partial charge in [-0.15, -0.1) is 0 Å². The molecule has 1 saturated heterocycles. The maximum Gasteiger partial charge on any atom is 0.410 e. The summed E-state index contributed by atoms with van der Waals surface area (Å²) in [5.74, 6) is 3.30. The van der Waals surface area contributed by atoms with Gasteiger partial charge in [-0.25, -0.2) is 24.7 Å². The van der Waals surface area contributed by atoms with E-state index < -0.39 is 5.60 Å². The Balaban J connectivity index is 1.22. The molecule has 4 heterocycles. The smallest absolute Gasteiger partial charge is 0.410 e. The summed E-state index contributed by atoms with van der Waals surface area (Å²) in [6, 6.07) is 11.8. The zero-order valence-corrected chi connectivity index (χ0v) is 25.8. The van der Waals surface area contributed by atoms with E-state index in [0.717, 1.165) is 39.2 Å². The number of carbonyl (C=O) groups is 1. The first-order chi connectivity index (χ1) is 21.1. The van der Waals surface area contributed by atoms with Crippen molar-refractivity contribution in [1.29, 1.82) is 0 Å². The highest BCUT2D eigenvalue weighted by Crippen LogP contribution is 2.38. The van der Waals surface area contributed by atoms with Crippen molar-refractivity contribution < 1.29 is 19.0 Å². The van der Waals surface area contributed by atoms with Crippen molar-refractivity contribution in [3.63, 3.8) is 0 Å². The van der Waals surface area contributed by atoms with Gasteiger partial charge in [-0.05, 0) is 63.6 Å². The third kappa shape index (κ3) is 5.87. The minimum Gasteiger partial charge on any atom is -0.492 e. The van der Waals surface area contributed by atoms with Crippen LogP contribution in [0.5, 0.6) is 17.2 Å². The molecule has 1 N–H and O–H groups in total. The van der Waals surface area contributed by atoms with Crippen molar-refractivity contribution in [3.05, 3.63) is 60.8 Å². The van der Waals surface area contributed by atoms with Gasteiger partial charge in [-0.2, -0.15) is 0 Å². The number of anilines is 3. The van der Waals surface area contributed by atoms with Crippen LogP contribution in [0, 0.1) is 6.92 Å². The third-order valence-corrected chi connectivity index (χ3v) is 7.41. The van der Waals surface area contributed by atoms with Crippen molar-refractivity contribution in [2.45, 2.75) is 33.3 Å². The van der Waals surface area contributed by atoms with Crippen LogP contribution in [0.3, 0.4) is 0 Å². The van der Waals surface area contributed by atoms with Crippen molar-refractivity contribution in [3.8, 4) is 17.2 Å². The van der Waals surface area contributed by atoms with Gasteiger partial charge < -0.3 is 33.9 Å². The molecule has 12 heteroatoms. The molecule has 5 aromatic rings. The van der Waals surface area contributed by atoms with E-state index in [-0.39, 0.29) is 6.09 Å². The first kappa shape index (κ1) is 29.0. The number of imidazole rings is 1. The lowest BCUT2D eigenvalue weighted by Gasteiger charge is -2.36. The Labute approximate surface area is 255 Å². The molecule has 44 heavy (non-hydrogen) atoms. The number of hydrogen-bond donors (Lipinski definition) is 1. The predicted molar refractivity (Wildman–Crippen MR) is 169 cm³/mol. The number of amides is 1. The van der Waals surface area contributed by atoms with E-state index in [1.165, 1.54) is 6.33 Å². The first-order valence-electron chi connectivity index (χ1n) is 14.5. The van der Waals surface area contributed by atoms with Gasteiger partial charge in [0.15, 0.2) is 11.6 Å². The molecule has 228 valence electrons. The lowest BCUT2D eigenvalue weighted by atomic mass is 10.2. The van der Waals surface area contributed by atoms with E-state index >= 15 is 0 Å². The molecular weight excluding hydrogens is 560 g/mol. The number of hydrogen-bond acceptors (Lipinski definition) is 10. The molecule has 0 radical (unpaired) electrons. The van der Waals surface area contributed by atoms with Crippen LogP contribution in [-0.4, -0.2) is 74.4 Å². The van der Waals surface area contributed by atoms with Crippen LogP contribution in [0.15, 0.2) is 55.2 Å². The van der Waals surface area contributed by atoms with E-state index in [1.54, 1.807) is 24.5 Å². The average Bonchev–Trinajstić information content (AvgIpc) is 3.37. The summed E-state index contributed by atoms with van der Waals surface area (Å²) in [5.41, 5.74) is 3.82. The van der Waals surface area contributed by atoms with E-state index in [4.69, 9.17) is 19.2 Å². The zero-order valence-electron chi connectivity index (χ0n) is 25.8. The predicted octanol–water partition coefficient (Wildman–Crippen LogP) is 5.82. The molecule has 0 unspecified atom stereocenters. The van der Waals surface area contributed by atoms with E-state index in [9.17, 15) is 4.79 Å². The molecule has 0 atom stereocenters. The number of methoxy groups -OCH3 is 1. The fourth-order valence-electron chi connectivity index (χ4n) is 5.24. The molecule has 0 aliphatic carbocycles. The maximum atomic E-state index is 12.6. The fraction of sp³-hybridized carbons (Fsp3) is 0.344. The van der Waals surface area contributed by atoms with Crippen molar-refractivity contribution in [2.75, 3.05) is 43.5 Å². The minimum absolute atomic E-state index is 0.309. The fourth-order valence-corrected chi connectivity index (χ4v) is 5.24. The Morgan fingerprint density at radius 2 is 1.75 bits per heavy atom. The second-order valence-corrected chi connectivity index (χ2v) is 11.8. The third-order valence-electron chi connectivity index (χ3n) is 7.41. The molecule has 3 aromatic heterocycles. The van der Waals surface area contributed by atoms with Gasteiger partial charge in [-0.3, -0.25) is 0 Å². The Hall–Kier alpha value is -5.13. The van der Waals surface area contributed by atoms with Gasteiger partial charge in [-0.1, -0.05) is 0 Å². The number of ether oxygens (including phenoxy) is 3. The summed E-state index contributed by atoms with van der Waals surface area (Å²) in [7, 11) is 3.58. The molecule has 1 aliphatic rings. The van der Waals surface area contributed by atoms with Crippen LogP contribution in [0.25, 0.3) is 21.9 Å². The van der Waals surface area contributed by atoms with E-state index in [1.807, 2.05) is 75.7 Å². The molecule has 2 aromatic carbocycles. The summed E-state index contributed by atoms with van der Waals surface area (Å²) < 4.78 is 19.6. The summed E-state index contributed by atoms with van der Waals surface area (Å²) in [6.07, 6.45) is 4.71. The SMILES string of the molecule is COc1c(N2CCN(C(=O)OC(C)(C)C)CC2)ncc2ncnc(Nc3ccc(Oc4ccc5c(c4)ncn5C)c(C)c3)c12. The molecular formula is C32H36N8O4. The number of benzene rings is 2. The number of nitrogens with one attached hydrogen (secondary N) is 1. The number of pyridine rings is 1. The monoisotopic (exact) mass is 596 g/mol. The zero-order chi connectivity index (χ0) is 31.0. The van der Waals surface area contributed by atoms with Gasteiger partial charge >= 0.3 is 6.09 Å². The Morgan fingerprint density at radius 1 is 0.955 bits per heavy atom. The topological polar surface area (TPSA) is 120 Å². The maximum absolute atomic E-state index is 12.6. The molecule has 6 rings (SSSR count). The highest BCUT2D eigenvalue weighted by molar-refractivity contribution is 5.98. The Morgan fingerprint density at radius 3 is 2.48 bits per heavy atom. The van der Waals surface area contributed by atoms with Gasteiger partial charge in [0.25, 0.3) is 0 Å². The summed E-state index contributed by atoms with van der Waals surface area (Å²) in [5, 5.41) is 4.16. The number of rotatable bonds is 6. The second-order valence-electron chi connectivity index (χ2n) is 11.8. The lowest BCUT2D eigenvalue weighted by Crippen LogP contribution is -2.50. The highest BCUT2D eigenvalue weighted by atomic mass is 16.6. The standard InChI is InChI=1S/C32H36N8O4/c1-20-15-21(7-10-26(20)43-22-8-9-25-23(16-22)36-19-38(25)5)37-29-27-24(34-18-35-29)17-33-30(28(27)42-6)39-11-13-40(14-12-39)31(41)44-32(2,3)4/h7-10,15-19H,11-14H2,1-6H3,(H,34,35,37). The minimum atomic E-state index is -0.540. The van der Waals surface area contributed by atoms with E-state index in [0.29, 0.717) is 49.1 Å². The van der Waals surface area contributed by atoms with Crippen LogP contribution in [0.2, 0.25) is 0 Å². The summed E-state index contributed by atoms with van der Waals surface area (Å²) in [4.78, 5) is 34.5. The first-order valence-corrected chi connectivity index (χ1v) is 14.5. The number of aromatic nitrogens is 5. The molecule has 1 fully saturated rings. The summed E-state index contributed by atoms with van der Waals surface area (Å²) >= 11 is 0. The quantitative estimate of drug-likeness (QED) is 0.257. The number of carbonyl (C=O) groups excluding carboxylic acids is 1. The van der Waals surface area contributed by atoms with Crippen LogP contribution in [0.1, 0.15) is 26.3 Å². The molecule has 0 bridgehead atoms. The second kappa shape index (κ2) is 11.5. The van der Waals surface area contributed by atoms with Crippen LogP contribution in [0.4, 0.5) is 22.1 Å².